The van der Waals surface area contributed by atoms with Gasteiger partial charge in [0.1, 0.15) is 0 Å². The van der Waals surface area contributed by atoms with Crippen molar-refractivity contribution < 1.29 is 9.59 Å². The van der Waals surface area contributed by atoms with E-state index in [-0.39, 0.29) is 23.7 Å². The molecule has 1 aromatic carbocycles. The van der Waals surface area contributed by atoms with Gasteiger partial charge in [-0.2, -0.15) is 0 Å². The average Bonchev–Trinajstić information content (AvgIpc) is 2.84. The lowest BCUT2D eigenvalue weighted by Crippen LogP contribution is -2.34. The summed E-state index contributed by atoms with van der Waals surface area (Å²) in [6.45, 7) is 3.20. The predicted molar refractivity (Wildman–Crippen MR) is 63.5 cm³/mol. The zero-order valence-electron chi connectivity index (χ0n) is 9.64. The summed E-state index contributed by atoms with van der Waals surface area (Å²) >= 11 is 0. The molecule has 2 amide bonds. The van der Waals surface area contributed by atoms with Crippen molar-refractivity contribution in [2.24, 2.45) is 11.8 Å². The number of nitrogens with one attached hydrogen (secondary N) is 1. The molecule has 2 aliphatic heterocycles. The highest BCUT2D eigenvalue weighted by Crippen LogP contribution is 2.33. The number of carbonyl (C=O) groups excluding carboxylic acids is 2. The van der Waals surface area contributed by atoms with E-state index in [1.807, 2.05) is 31.2 Å². The van der Waals surface area contributed by atoms with E-state index >= 15 is 0 Å². The molecule has 0 radical (unpaired) electrons. The van der Waals surface area contributed by atoms with Crippen LogP contribution in [0.5, 0.6) is 0 Å². The summed E-state index contributed by atoms with van der Waals surface area (Å²) in [5.74, 6) is -0.447. The Morgan fingerprint density at radius 1 is 1.18 bits per heavy atom. The van der Waals surface area contributed by atoms with Gasteiger partial charge in [-0.25, -0.2) is 4.90 Å². The van der Waals surface area contributed by atoms with Gasteiger partial charge in [-0.05, 0) is 24.6 Å². The third-order valence-corrected chi connectivity index (χ3v) is 3.55. The number of benzene rings is 1. The molecule has 0 aromatic heterocycles. The molecule has 0 bridgehead atoms. The lowest BCUT2D eigenvalue weighted by Gasteiger charge is -2.16. The summed E-state index contributed by atoms with van der Waals surface area (Å²) in [4.78, 5) is 25.7. The van der Waals surface area contributed by atoms with E-state index in [4.69, 9.17) is 0 Å². The fraction of sp³-hybridized carbons (Fsp3) is 0.385. The van der Waals surface area contributed by atoms with Crippen LogP contribution in [-0.4, -0.2) is 24.9 Å². The normalized spacial score (nSPS) is 27.7. The number of rotatable bonds is 1. The van der Waals surface area contributed by atoms with E-state index in [1.54, 1.807) is 0 Å². The van der Waals surface area contributed by atoms with Gasteiger partial charge >= 0.3 is 0 Å². The molecule has 2 saturated heterocycles. The van der Waals surface area contributed by atoms with Crippen molar-refractivity contribution in [1.29, 1.82) is 0 Å². The second-order valence-electron chi connectivity index (χ2n) is 4.72. The summed E-state index contributed by atoms with van der Waals surface area (Å²) in [5.41, 5.74) is 1.76. The van der Waals surface area contributed by atoms with Gasteiger partial charge in [0.2, 0.25) is 11.8 Å². The van der Waals surface area contributed by atoms with Crippen LogP contribution in [0.1, 0.15) is 5.56 Å². The number of aryl methyl sites for hydroxylation is 1. The first-order valence-corrected chi connectivity index (χ1v) is 5.83. The second-order valence-corrected chi connectivity index (χ2v) is 4.72. The van der Waals surface area contributed by atoms with Crippen molar-refractivity contribution in [2.45, 2.75) is 6.92 Å². The third kappa shape index (κ3) is 1.48. The Bertz CT molecular complexity index is 476. The van der Waals surface area contributed by atoms with Crippen LogP contribution in [0.25, 0.3) is 0 Å². The van der Waals surface area contributed by atoms with Crippen LogP contribution in [0.15, 0.2) is 24.3 Å². The van der Waals surface area contributed by atoms with E-state index in [9.17, 15) is 9.59 Å². The maximum absolute atomic E-state index is 12.2. The number of amides is 2. The molecule has 4 heteroatoms. The van der Waals surface area contributed by atoms with Crippen molar-refractivity contribution in [3.63, 3.8) is 0 Å². The minimum Gasteiger partial charge on any atom is -0.315 e. The second kappa shape index (κ2) is 3.67. The van der Waals surface area contributed by atoms with E-state index in [2.05, 4.69) is 5.32 Å². The number of hydrogen-bond acceptors (Lipinski definition) is 3. The van der Waals surface area contributed by atoms with Crippen LogP contribution in [0.2, 0.25) is 0 Å². The molecular weight excluding hydrogens is 216 g/mol. The molecule has 17 heavy (non-hydrogen) atoms. The maximum atomic E-state index is 12.2. The molecule has 0 spiro atoms. The molecule has 1 N–H and O–H groups in total. The Hall–Kier alpha value is -1.68. The highest BCUT2D eigenvalue weighted by Gasteiger charge is 2.50. The number of hydrogen-bond donors (Lipinski definition) is 1. The van der Waals surface area contributed by atoms with Crippen molar-refractivity contribution in [1.82, 2.24) is 5.32 Å². The Morgan fingerprint density at radius 3 is 2.41 bits per heavy atom. The number of anilines is 1. The molecule has 0 saturated carbocycles. The van der Waals surface area contributed by atoms with Gasteiger partial charge in [-0.15, -0.1) is 0 Å². The molecule has 1 aromatic rings. The van der Waals surface area contributed by atoms with Crippen LogP contribution in [0, 0.1) is 18.8 Å². The SMILES string of the molecule is Cc1cccc(N2C(=O)[C@@H]3CNC[C@H]3C2=O)c1. The number of fused-ring (bicyclic) bond motifs is 1. The molecule has 2 heterocycles. The molecule has 2 atom stereocenters. The van der Waals surface area contributed by atoms with Crippen LogP contribution in [-0.2, 0) is 9.59 Å². The van der Waals surface area contributed by atoms with E-state index in [0.717, 1.165) is 5.56 Å². The van der Waals surface area contributed by atoms with Crippen molar-refractivity contribution >= 4 is 17.5 Å². The van der Waals surface area contributed by atoms with Gasteiger partial charge in [0.05, 0.1) is 17.5 Å². The molecule has 2 fully saturated rings. The zero-order valence-corrected chi connectivity index (χ0v) is 9.64. The number of imide groups is 1. The first-order valence-electron chi connectivity index (χ1n) is 5.83. The van der Waals surface area contributed by atoms with Gasteiger partial charge in [0, 0.05) is 13.1 Å². The van der Waals surface area contributed by atoms with E-state index in [1.165, 1.54) is 4.90 Å². The minimum atomic E-state index is -0.164. The van der Waals surface area contributed by atoms with Gasteiger partial charge in [-0.1, -0.05) is 12.1 Å². The minimum absolute atomic E-state index is 0.0596. The quantitative estimate of drug-likeness (QED) is 0.723. The lowest BCUT2D eigenvalue weighted by molar-refractivity contribution is -0.122. The highest BCUT2D eigenvalue weighted by atomic mass is 16.2. The molecule has 2 aliphatic rings. The molecule has 0 unspecified atom stereocenters. The van der Waals surface area contributed by atoms with Crippen LogP contribution in [0.3, 0.4) is 0 Å². The topological polar surface area (TPSA) is 49.4 Å². The molecule has 0 aliphatic carbocycles. The van der Waals surface area contributed by atoms with Crippen LogP contribution < -0.4 is 10.2 Å². The molecule has 3 rings (SSSR count). The first kappa shape index (κ1) is 10.5. The standard InChI is InChI=1S/C13H14N2O2/c1-8-3-2-4-9(5-8)15-12(16)10-6-14-7-11(10)13(15)17/h2-5,10-11,14H,6-7H2,1H3/t10-,11-/m1/s1. The van der Waals surface area contributed by atoms with Gasteiger partial charge in [-0.3, -0.25) is 9.59 Å². The van der Waals surface area contributed by atoms with E-state index in [0.29, 0.717) is 18.8 Å². The molecule has 88 valence electrons. The Morgan fingerprint density at radius 2 is 1.82 bits per heavy atom. The monoisotopic (exact) mass is 230 g/mol. The zero-order chi connectivity index (χ0) is 12.0. The largest absolute Gasteiger partial charge is 0.315 e. The Balaban J connectivity index is 1.99. The predicted octanol–water partition coefficient (Wildman–Crippen LogP) is 0.704. The average molecular weight is 230 g/mol. The van der Waals surface area contributed by atoms with Crippen LogP contribution >= 0.6 is 0 Å². The Kier molecular flexibility index (Phi) is 2.26. The third-order valence-electron chi connectivity index (χ3n) is 3.55. The van der Waals surface area contributed by atoms with Gasteiger partial charge in [0.25, 0.3) is 0 Å². The summed E-state index contributed by atoms with van der Waals surface area (Å²) in [6, 6.07) is 7.52. The van der Waals surface area contributed by atoms with Crippen molar-refractivity contribution in [2.75, 3.05) is 18.0 Å². The van der Waals surface area contributed by atoms with Crippen molar-refractivity contribution in [3.8, 4) is 0 Å². The molecule has 4 nitrogen and oxygen atoms in total. The molecular formula is C13H14N2O2. The van der Waals surface area contributed by atoms with E-state index < -0.39 is 0 Å². The summed E-state index contributed by atoms with van der Waals surface area (Å²) in [7, 11) is 0. The summed E-state index contributed by atoms with van der Waals surface area (Å²) < 4.78 is 0. The van der Waals surface area contributed by atoms with Crippen molar-refractivity contribution in [3.05, 3.63) is 29.8 Å². The fourth-order valence-corrected chi connectivity index (χ4v) is 2.66. The first-order chi connectivity index (χ1) is 8.18. The number of carbonyl (C=O) groups is 2. The summed E-state index contributed by atoms with van der Waals surface area (Å²) in [5, 5.41) is 3.10. The van der Waals surface area contributed by atoms with Crippen LogP contribution in [0.4, 0.5) is 5.69 Å². The fourth-order valence-electron chi connectivity index (χ4n) is 2.66. The highest BCUT2D eigenvalue weighted by molar-refractivity contribution is 6.22. The smallest absolute Gasteiger partial charge is 0.239 e. The Labute approximate surface area is 99.6 Å². The van der Waals surface area contributed by atoms with Gasteiger partial charge < -0.3 is 5.32 Å². The summed E-state index contributed by atoms with van der Waals surface area (Å²) in [6.07, 6.45) is 0. The lowest BCUT2D eigenvalue weighted by atomic mass is 10.00. The number of nitrogens with zero attached hydrogens (tertiary/aromatic N) is 1. The van der Waals surface area contributed by atoms with Gasteiger partial charge in [0.15, 0.2) is 0 Å². The maximum Gasteiger partial charge on any atom is 0.239 e.